The second-order valence-corrected chi connectivity index (χ2v) is 6.83. The SMILES string of the molecule is C=CCON=C(C)c1cc(C)c(C)cc1Oc1ccnc2cc(OC)c(OC)cc12. The molecule has 156 valence electrons. The molecule has 0 spiro atoms. The molecule has 0 radical (unpaired) electrons. The zero-order chi connectivity index (χ0) is 21.7. The third-order valence-electron chi connectivity index (χ3n) is 4.81. The highest BCUT2D eigenvalue weighted by atomic mass is 16.6. The summed E-state index contributed by atoms with van der Waals surface area (Å²) in [5.41, 5.74) is 4.57. The molecule has 1 aromatic heterocycles. The molecule has 0 unspecified atom stereocenters. The number of oxime groups is 1. The molecule has 30 heavy (non-hydrogen) atoms. The van der Waals surface area contributed by atoms with Crippen molar-refractivity contribution in [1.29, 1.82) is 0 Å². The Kier molecular flexibility index (Phi) is 6.57. The normalized spacial score (nSPS) is 11.3. The van der Waals surface area contributed by atoms with Crippen LogP contribution >= 0.6 is 0 Å². The fraction of sp³-hybridized carbons (Fsp3) is 0.250. The Hall–Kier alpha value is -3.54. The Balaban J connectivity index is 2.10. The largest absolute Gasteiger partial charge is 0.493 e. The summed E-state index contributed by atoms with van der Waals surface area (Å²) in [5, 5.41) is 5.00. The molecule has 0 aliphatic rings. The smallest absolute Gasteiger partial charge is 0.162 e. The molecule has 6 nitrogen and oxygen atoms in total. The number of methoxy groups -OCH3 is 2. The minimum atomic E-state index is 0.342. The number of ether oxygens (including phenoxy) is 3. The van der Waals surface area contributed by atoms with Gasteiger partial charge in [-0.05, 0) is 56.2 Å². The zero-order valence-electron chi connectivity index (χ0n) is 18.0. The fourth-order valence-corrected chi connectivity index (χ4v) is 3.05. The summed E-state index contributed by atoms with van der Waals surface area (Å²) in [6, 6.07) is 9.58. The Bertz CT molecular complexity index is 1110. The van der Waals surface area contributed by atoms with E-state index in [0.29, 0.717) is 35.3 Å². The summed E-state index contributed by atoms with van der Waals surface area (Å²) >= 11 is 0. The molecular weight excluding hydrogens is 380 g/mol. The monoisotopic (exact) mass is 406 g/mol. The van der Waals surface area contributed by atoms with Gasteiger partial charge < -0.3 is 19.0 Å². The predicted molar refractivity (Wildman–Crippen MR) is 119 cm³/mol. The first-order valence-corrected chi connectivity index (χ1v) is 9.56. The average Bonchev–Trinajstić information content (AvgIpc) is 2.75. The van der Waals surface area contributed by atoms with Gasteiger partial charge in [0, 0.05) is 23.2 Å². The van der Waals surface area contributed by atoms with E-state index in [0.717, 1.165) is 27.6 Å². The average molecular weight is 406 g/mol. The number of benzene rings is 2. The quantitative estimate of drug-likeness (QED) is 0.211. The number of hydrogen-bond acceptors (Lipinski definition) is 6. The second-order valence-electron chi connectivity index (χ2n) is 6.83. The van der Waals surface area contributed by atoms with Gasteiger partial charge in [-0.2, -0.15) is 0 Å². The van der Waals surface area contributed by atoms with Crippen LogP contribution in [0, 0.1) is 13.8 Å². The highest BCUT2D eigenvalue weighted by Crippen LogP contribution is 2.38. The number of fused-ring (bicyclic) bond motifs is 1. The second kappa shape index (κ2) is 9.31. The van der Waals surface area contributed by atoms with Gasteiger partial charge in [-0.25, -0.2) is 0 Å². The number of nitrogens with zero attached hydrogens (tertiary/aromatic N) is 2. The lowest BCUT2D eigenvalue weighted by atomic mass is 10.0. The number of hydrogen-bond donors (Lipinski definition) is 0. The molecule has 0 aliphatic carbocycles. The Morgan fingerprint density at radius 2 is 1.70 bits per heavy atom. The van der Waals surface area contributed by atoms with E-state index < -0.39 is 0 Å². The van der Waals surface area contributed by atoms with Crippen molar-refractivity contribution < 1.29 is 19.0 Å². The molecule has 6 heteroatoms. The van der Waals surface area contributed by atoms with Crippen molar-refractivity contribution in [1.82, 2.24) is 4.98 Å². The van der Waals surface area contributed by atoms with E-state index in [9.17, 15) is 0 Å². The van der Waals surface area contributed by atoms with Crippen LogP contribution in [0.5, 0.6) is 23.0 Å². The first kappa shape index (κ1) is 21.2. The van der Waals surface area contributed by atoms with Crippen molar-refractivity contribution in [2.45, 2.75) is 20.8 Å². The molecule has 0 amide bonds. The summed E-state index contributed by atoms with van der Waals surface area (Å²) in [6.45, 7) is 9.97. The van der Waals surface area contributed by atoms with Crippen molar-refractivity contribution in [3.05, 3.63) is 65.9 Å². The summed E-state index contributed by atoms with van der Waals surface area (Å²) in [5.74, 6) is 2.57. The summed E-state index contributed by atoms with van der Waals surface area (Å²) in [4.78, 5) is 9.71. The minimum absolute atomic E-state index is 0.342. The molecule has 2 aromatic carbocycles. The number of aromatic nitrogens is 1. The van der Waals surface area contributed by atoms with Gasteiger partial charge >= 0.3 is 0 Å². The van der Waals surface area contributed by atoms with Gasteiger partial charge in [0.15, 0.2) is 11.5 Å². The van der Waals surface area contributed by atoms with Gasteiger partial charge in [0.25, 0.3) is 0 Å². The third-order valence-corrected chi connectivity index (χ3v) is 4.81. The first-order chi connectivity index (χ1) is 14.5. The van der Waals surface area contributed by atoms with E-state index >= 15 is 0 Å². The Morgan fingerprint density at radius 3 is 2.40 bits per heavy atom. The van der Waals surface area contributed by atoms with Gasteiger partial charge in [-0.1, -0.05) is 17.8 Å². The van der Waals surface area contributed by atoms with Crippen LogP contribution in [0.25, 0.3) is 10.9 Å². The van der Waals surface area contributed by atoms with E-state index in [2.05, 4.69) is 23.6 Å². The Labute approximate surface area is 176 Å². The van der Waals surface area contributed by atoms with Crippen LogP contribution in [0.1, 0.15) is 23.6 Å². The summed E-state index contributed by atoms with van der Waals surface area (Å²) in [7, 11) is 3.20. The van der Waals surface area contributed by atoms with Crippen molar-refractivity contribution in [2.24, 2.45) is 5.16 Å². The molecule has 0 fully saturated rings. The van der Waals surface area contributed by atoms with E-state index in [4.69, 9.17) is 19.0 Å². The molecule has 0 bridgehead atoms. The van der Waals surface area contributed by atoms with Gasteiger partial charge in [-0.15, -0.1) is 0 Å². The van der Waals surface area contributed by atoms with Gasteiger partial charge in [-0.3, -0.25) is 4.98 Å². The number of pyridine rings is 1. The van der Waals surface area contributed by atoms with E-state index in [1.54, 1.807) is 26.5 Å². The molecule has 0 saturated heterocycles. The third kappa shape index (κ3) is 4.38. The van der Waals surface area contributed by atoms with Crippen molar-refractivity contribution in [2.75, 3.05) is 20.8 Å². The molecule has 0 N–H and O–H groups in total. The van der Waals surface area contributed by atoms with Crippen LogP contribution in [-0.2, 0) is 4.84 Å². The maximum absolute atomic E-state index is 6.37. The maximum Gasteiger partial charge on any atom is 0.162 e. The molecule has 0 aliphatic heterocycles. The Morgan fingerprint density at radius 1 is 1.00 bits per heavy atom. The van der Waals surface area contributed by atoms with Gasteiger partial charge in [0.05, 0.1) is 25.4 Å². The standard InChI is InChI=1S/C24H26N2O4/c1-7-10-29-26-17(4)18-11-15(2)16(3)12-22(18)30-21-8-9-25-20-14-24(28-6)23(27-5)13-19(20)21/h7-9,11-14H,1,10H2,2-6H3. The van der Waals surface area contributed by atoms with Crippen LogP contribution in [-0.4, -0.2) is 31.5 Å². The minimum Gasteiger partial charge on any atom is -0.493 e. The van der Waals surface area contributed by atoms with Gasteiger partial charge in [0.2, 0.25) is 0 Å². The lowest BCUT2D eigenvalue weighted by Crippen LogP contribution is -2.02. The molecular formula is C24H26N2O4. The van der Waals surface area contributed by atoms with E-state index in [-0.39, 0.29) is 0 Å². The first-order valence-electron chi connectivity index (χ1n) is 9.56. The van der Waals surface area contributed by atoms with Crippen LogP contribution in [0.15, 0.2) is 54.3 Å². The topological polar surface area (TPSA) is 62.2 Å². The van der Waals surface area contributed by atoms with Crippen LogP contribution in [0.3, 0.4) is 0 Å². The van der Waals surface area contributed by atoms with Crippen LogP contribution in [0.2, 0.25) is 0 Å². The molecule has 3 rings (SSSR count). The molecule has 0 atom stereocenters. The van der Waals surface area contributed by atoms with Crippen LogP contribution < -0.4 is 14.2 Å². The number of aryl methyl sites for hydroxylation is 2. The zero-order valence-corrected chi connectivity index (χ0v) is 18.0. The molecule has 3 aromatic rings. The lowest BCUT2D eigenvalue weighted by Gasteiger charge is -2.16. The van der Waals surface area contributed by atoms with E-state index in [1.807, 2.05) is 44.2 Å². The van der Waals surface area contributed by atoms with Gasteiger partial charge in [0.1, 0.15) is 18.1 Å². The van der Waals surface area contributed by atoms with Crippen molar-refractivity contribution in [3.63, 3.8) is 0 Å². The fourth-order valence-electron chi connectivity index (χ4n) is 3.05. The number of rotatable bonds is 8. The van der Waals surface area contributed by atoms with E-state index in [1.165, 1.54) is 0 Å². The molecule has 0 saturated carbocycles. The predicted octanol–water partition coefficient (Wildman–Crippen LogP) is 5.59. The van der Waals surface area contributed by atoms with Crippen molar-refractivity contribution in [3.8, 4) is 23.0 Å². The highest BCUT2D eigenvalue weighted by molar-refractivity contribution is 6.01. The lowest BCUT2D eigenvalue weighted by molar-refractivity contribution is 0.175. The summed E-state index contributed by atoms with van der Waals surface area (Å²) in [6.07, 6.45) is 3.36. The van der Waals surface area contributed by atoms with Crippen LogP contribution in [0.4, 0.5) is 0 Å². The maximum atomic E-state index is 6.37. The molecule has 1 heterocycles. The summed E-state index contributed by atoms with van der Waals surface area (Å²) < 4.78 is 17.2. The van der Waals surface area contributed by atoms with Crippen molar-refractivity contribution >= 4 is 16.6 Å². The highest BCUT2D eigenvalue weighted by Gasteiger charge is 2.15.